The van der Waals surface area contributed by atoms with E-state index in [1.807, 2.05) is 13.8 Å². The van der Waals surface area contributed by atoms with Crippen molar-refractivity contribution >= 4 is 5.91 Å². The summed E-state index contributed by atoms with van der Waals surface area (Å²) >= 11 is 0. The lowest BCUT2D eigenvalue weighted by Gasteiger charge is -2.34. The second kappa shape index (κ2) is 5.92. The lowest BCUT2D eigenvalue weighted by Crippen LogP contribution is -2.44. The van der Waals surface area contributed by atoms with Gasteiger partial charge in [0.1, 0.15) is 23.2 Å². The lowest BCUT2D eigenvalue weighted by molar-refractivity contribution is -0.00514. The largest absolute Gasteiger partial charge is 0.377 e. The molecule has 0 aliphatic carbocycles. The van der Waals surface area contributed by atoms with E-state index in [4.69, 9.17) is 9.26 Å². The average Bonchev–Trinajstić information content (AvgIpc) is 3.12. The monoisotopic (exact) mass is 304 g/mol. The van der Waals surface area contributed by atoms with Crippen LogP contribution in [0, 0.1) is 13.8 Å². The molecular weight excluding hydrogens is 284 g/mol. The predicted octanol–water partition coefficient (Wildman–Crippen LogP) is 1.79. The molecule has 1 unspecified atom stereocenters. The summed E-state index contributed by atoms with van der Waals surface area (Å²) in [5.41, 5.74) is 2.23. The third kappa shape index (κ3) is 2.52. The lowest BCUT2D eigenvalue weighted by atomic mass is 10.1. The van der Waals surface area contributed by atoms with Crippen LogP contribution in [0.1, 0.15) is 46.3 Å². The second-order valence-corrected chi connectivity index (χ2v) is 5.45. The number of carbonyl (C=O) groups is 1. The van der Waals surface area contributed by atoms with Gasteiger partial charge in [-0.2, -0.15) is 0 Å². The molecule has 2 aromatic heterocycles. The van der Waals surface area contributed by atoms with Crippen molar-refractivity contribution in [2.45, 2.75) is 33.2 Å². The summed E-state index contributed by atoms with van der Waals surface area (Å²) < 4.78 is 10.7. The first-order valence-electron chi connectivity index (χ1n) is 7.47. The van der Waals surface area contributed by atoms with Crippen molar-refractivity contribution < 1.29 is 14.1 Å². The van der Waals surface area contributed by atoms with Crippen LogP contribution in [0.4, 0.5) is 0 Å². The molecule has 3 rings (SSSR count). The van der Waals surface area contributed by atoms with E-state index in [1.54, 1.807) is 18.0 Å². The topological polar surface area (TPSA) is 84.2 Å². The van der Waals surface area contributed by atoms with Gasteiger partial charge in [0.2, 0.25) is 0 Å². The Bertz CT molecular complexity index is 676. The summed E-state index contributed by atoms with van der Waals surface area (Å²) in [5.74, 6) is 1.23. The van der Waals surface area contributed by atoms with Gasteiger partial charge in [0, 0.05) is 18.4 Å². The fraction of sp³-hybridized carbons (Fsp3) is 0.533. The molecule has 1 aliphatic heterocycles. The molecule has 0 radical (unpaired) electrons. The zero-order chi connectivity index (χ0) is 15.7. The molecule has 7 nitrogen and oxygen atoms in total. The van der Waals surface area contributed by atoms with Gasteiger partial charge in [-0.15, -0.1) is 0 Å². The van der Waals surface area contributed by atoms with Crippen molar-refractivity contribution in [2.75, 3.05) is 19.8 Å². The van der Waals surface area contributed by atoms with Crippen LogP contribution in [0.2, 0.25) is 0 Å². The van der Waals surface area contributed by atoms with Crippen LogP contribution in [0.15, 0.2) is 10.7 Å². The molecule has 1 atom stereocenters. The van der Waals surface area contributed by atoms with E-state index in [9.17, 15) is 4.79 Å². The van der Waals surface area contributed by atoms with E-state index in [1.165, 1.54) is 0 Å². The third-order valence-electron chi connectivity index (χ3n) is 3.91. The molecule has 0 bridgehead atoms. The van der Waals surface area contributed by atoms with Gasteiger partial charge in [-0.05, 0) is 20.3 Å². The van der Waals surface area contributed by atoms with E-state index in [0.29, 0.717) is 43.2 Å². The molecule has 1 amide bonds. The third-order valence-corrected chi connectivity index (χ3v) is 3.91. The number of rotatable bonds is 3. The summed E-state index contributed by atoms with van der Waals surface area (Å²) in [5, 5.41) is 3.97. The smallest absolute Gasteiger partial charge is 0.260 e. The molecule has 22 heavy (non-hydrogen) atoms. The number of carbonyl (C=O) groups excluding carboxylic acids is 1. The van der Waals surface area contributed by atoms with Gasteiger partial charge in [-0.25, -0.2) is 4.98 Å². The quantitative estimate of drug-likeness (QED) is 0.934. The standard InChI is InChI=1S/C15H20N4O3/c1-4-11-13(10(3)22-18-11)15(20)19-5-6-21-8-12(19)14-16-7-9(2)17-14/h7,12H,4-6,8H2,1-3H3,(H,16,17). The number of ether oxygens (including phenoxy) is 1. The van der Waals surface area contributed by atoms with E-state index in [0.717, 1.165) is 11.5 Å². The highest BCUT2D eigenvalue weighted by atomic mass is 16.5. The van der Waals surface area contributed by atoms with E-state index in [-0.39, 0.29) is 11.9 Å². The van der Waals surface area contributed by atoms with Crippen molar-refractivity contribution in [3.63, 3.8) is 0 Å². The summed E-state index contributed by atoms with van der Waals surface area (Å²) in [6, 6.07) is -0.214. The van der Waals surface area contributed by atoms with E-state index < -0.39 is 0 Å². The Morgan fingerprint density at radius 1 is 1.50 bits per heavy atom. The van der Waals surface area contributed by atoms with Gasteiger partial charge in [-0.1, -0.05) is 12.1 Å². The van der Waals surface area contributed by atoms with Crippen LogP contribution in [-0.4, -0.2) is 45.7 Å². The maximum absolute atomic E-state index is 13.0. The maximum Gasteiger partial charge on any atom is 0.260 e. The molecular formula is C15H20N4O3. The van der Waals surface area contributed by atoms with Crippen LogP contribution in [0.25, 0.3) is 0 Å². The highest BCUT2D eigenvalue weighted by Crippen LogP contribution is 2.26. The van der Waals surface area contributed by atoms with Gasteiger partial charge in [-0.3, -0.25) is 4.79 Å². The molecule has 3 heterocycles. The molecule has 1 aliphatic rings. The van der Waals surface area contributed by atoms with E-state index >= 15 is 0 Å². The first-order chi connectivity index (χ1) is 10.6. The van der Waals surface area contributed by atoms with Crippen molar-refractivity contribution in [3.05, 3.63) is 34.7 Å². The Morgan fingerprint density at radius 3 is 3.00 bits per heavy atom. The molecule has 7 heteroatoms. The van der Waals surface area contributed by atoms with Crippen molar-refractivity contribution in [2.24, 2.45) is 0 Å². The van der Waals surface area contributed by atoms with Gasteiger partial charge in [0.05, 0.1) is 18.9 Å². The second-order valence-electron chi connectivity index (χ2n) is 5.45. The fourth-order valence-corrected chi connectivity index (χ4v) is 2.75. The minimum absolute atomic E-state index is 0.0713. The zero-order valence-electron chi connectivity index (χ0n) is 13.0. The average molecular weight is 304 g/mol. The van der Waals surface area contributed by atoms with Crippen LogP contribution >= 0.6 is 0 Å². The Morgan fingerprint density at radius 2 is 2.32 bits per heavy atom. The number of morpholine rings is 1. The number of aryl methyl sites for hydroxylation is 3. The minimum atomic E-state index is -0.214. The van der Waals surface area contributed by atoms with Gasteiger partial charge in [0.25, 0.3) is 5.91 Å². The number of aromatic amines is 1. The highest BCUT2D eigenvalue weighted by Gasteiger charge is 2.34. The zero-order valence-corrected chi connectivity index (χ0v) is 13.0. The Labute approximate surface area is 128 Å². The Balaban J connectivity index is 1.93. The summed E-state index contributed by atoms with van der Waals surface area (Å²) in [6.45, 7) is 7.15. The number of H-pyrrole nitrogens is 1. The molecule has 1 saturated heterocycles. The molecule has 1 fully saturated rings. The van der Waals surface area contributed by atoms with Crippen molar-refractivity contribution in [3.8, 4) is 0 Å². The van der Waals surface area contributed by atoms with Crippen LogP contribution in [0.5, 0.6) is 0 Å². The SMILES string of the molecule is CCc1noc(C)c1C(=O)N1CCOCC1c1ncc(C)[nH]1. The molecule has 0 aromatic carbocycles. The number of hydrogen-bond donors (Lipinski definition) is 1. The highest BCUT2D eigenvalue weighted by molar-refractivity contribution is 5.96. The van der Waals surface area contributed by atoms with Gasteiger partial charge in [0.15, 0.2) is 0 Å². The van der Waals surface area contributed by atoms with Crippen molar-refractivity contribution in [1.82, 2.24) is 20.0 Å². The van der Waals surface area contributed by atoms with E-state index in [2.05, 4.69) is 15.1 Å². The number of nitrogens with zero attached hydrogens (tertiary/aromatic N) is 3. The molecule has 1 N–H and O–H groups in total. The number of aromatic nitrogens is 3. The fourth-order valence-electron chi connectivity index (χ4n) is 2.75. The normalized spacial score (nSPS) is 18.7. The molecule has 118 valence electrons. The first-order valence-corrected chi connectivity index (χ1v) is 7.47. The summed E-state index contributed by atoms with van der Waals surface area (Å²) in [6.07, 6.45) is 2.42. The first kappa shape index (κ1) is 14.8. The maximum atomic E-state index is 13.0. The number of nitrogens with one attached hydrogen (secondary N) is 1. The van der Waals surface area contributed by atoms with Crippen LogP contribution < -0.4 is 0 Å². The minimum Gasteiger partial charge on any atom is -0.377 e. The van der Waals surface area contributed by atoms with Crippen LogP contribution in [-0.2, 0) is 11.2 Å². The molecule has 0 saturated carbocycles. The van der Waals surface area contributed by atoms with Crippen LogP contribution in [0.3, 0.4) is 0 Å². The van der Waals surface area contributed by atoms with Gasteiger partial charge < -0.3 is 19.1 Å². The summed E-state index contributed by atoms with van der Waals surface area (Å²) in [7, 11) is 0. The Hall–Kier alpha value is -2.15. The number of hydrogen-bond acceptors (Lipinski definition) is 5. The van der Waals surface area contributed by atoms with Crippen molar-refractivity contribution in [1.29, 1.82) is 0 Å². The number of amides is 1. The predicted molar refractivity (Wildman–Crippen MR) is 78.5 cm³/mol. The Kier molecular flexibility index (Phi) is 3.98. The number of imidazole rings is 1. The molecule has 0 spiro atoms. The molecule has 2 aromatic rings. The van der Waals surface area contributed by atoms with Gasteiger partial charge >= 0.3 is 0 Å². The summed E-state index contributed by atoms with van der Waals surface area (Å²) in [4.78, 5) is 22.3.